The highest BCUT2D eigenvalue weighted by Crippen LogP contribution is 2.33. The van der Waals surface area contributed by atoms with E-state index in [-0.39, 0.29) is 11.6 Å². The fraction of sp³-hybridized carbons (Fsp3) is 0.467. The van der Waals surface area contributed by atoms with E-state index in [4.69, 9.17) is 0 Å². The van der Waals surface area contributed by atoms with E-state index in [1.807, 2.05) is 0 Å². The van der Waals surface area contributed by atoms with Crippen molar-refractivity contribution in [3.63, 3.8) is 0 Å². The molecule has 22 heavy (non-hydrogen) atoms. The Bertz CT molecular complexity index is 618. The van der Waals surface area contributed by atoms with Gasteiger partial charge in [-0.3, -0.25) is 30.8 Å². The number of rotatable bonds is 3. The molecule has 1 spiro atoms. The lowest BCUT2D eigenvalue weighted by Crippen LogP contribution is -2.58. The number of carbonyl (C=O) groups is 1. The van der Waals surface area contributed by atoms with Crippen LogP contribution in [0, 0.1) is 10.1 Å². The molecule has 1 aromatic carbocycles. The lowest BCUT2D eigenvalue weighted by Gasteiger charge is -2.36. The number of non-ortho nitro benzene ring substituents is 1. The first-order valence-electron chi connectivity index (χ1n) is 7.48. The molecule has 7 heteroatoms. The Morgan fingerprint density at radius 2 is 1.82 bits per heavy atom. The molecule has 3 rings (SSSR count). The van der Waals surface area contributed by atoms with Crippen molar-refractivity contribution in [3.05, 3.63) is 39.9 Å². The van der Waals surface area contributed by atoms with Crippen LogP contribution in [-0.4, -0.2) is 22.2 Å². The number of carbonyl (C=O) groups excluding carboxylic acids is 1. The fourth-order valence-electron chi connectivity index (χ4n) is 3.07. The molecule has 7 nitrogen and oxygen atoms in total. The summed E-state index contributed by atoms with van der Waals surface area (Å²) in [5, 5.41) is 10.7. The second-order valence-electron chi connectivity index (χ2n) is 5.83. The molecule has 0 aromatic heterocycles. The monoisotopic (exact) mass is 302 g/mol. The lowest BCUT2D eigenvalue weighted by molar-refractivity contribution is -0.384. The van der Waals surface area contributed by atoms with Crippen molar-refractivity contribution in [2.24, 2.45) is 4.99 Å². The van der Waals surface area contributed by atoms with E-state index >= 15 is 0 Å². The van der Waals surface area contributed by atoms with Gasteiger partial charge in [-0.25, -0.2) is 0 Å². The Hall–Kier alpha value is -2.44. The molecular weight excluding hydrogens is 284 g/mol. The molecule has 1 fully saturated rings. The summed E-state index contributed by atoms with van der Waals surface area (Å²) in [5.41, 5.74) is 5.92. The average molecular weight is 302 g/mol. The molecule has 0 atom stereocenters. The molecule has 1 amide bonds. The minimum Gasteiger partial charge on any atom is -0.285 e. The van der Waals surface area contributed by atoms with Crippen LogP contribution in [0.25, 0.3) is 0 Å². The zero-order chi connectivity index (χ0) is 15.6. The zero-order valence-electron chi connectivity index (χ0n) is 12.2. The Labute approximate surface area is 127 Å². The van der Waals surface area contributed by atoms with Crippen molar-refractivity contribution in [1.29, 1.82) is 0 Å². The average Bonchev–Trinajstić information content (AvgIpc) is 2.52. The van der Waals surface area contributed by atoms with Crippen LogP contribution in [0.4, 0.5) is 5.69 Å². The third-order valence-corrected chi connectivity index (χ3v) is 4.29. The second kappa shape index (κ2) is 5.75. The van der Waals surface area contributed by atoms with Gasteiger partial charge in [0.2, 0.25) is 0 Å². The van der Waals surface area contributed by atoms with Crippen LogP contribution in [-0.2, 0) is 11.2 Å². The SMILES string of the molecule is O=C1NNC(Cc2ccc([N+](=O)[O-])cc2)=NC12CCCCC2. The normalized spacial score (nSPS) is 20.0. The van der Waals surface area contributed by atoms with Crippen LogP contribution in [0.15, 0.2) is 29.3 Å². The molecule has 0 radical (unpaired) electrons. The van der Waals surface area contributed by atoms with Gasteiger partial charge in [-0.1, -0.05) is 31.4 Å². The molecular formula is C15H18N4O3. The Balaban J connectivity index is 1.78. The fourth-order valence-corrected chi connectivity index (χ4v) is 3.07. The first-order valence-corrected chi connectivity index (χ1v) is 7.48. The van der Waals surface area contributed by atoms with Gasteiger partial charge in [-0.15, -0.1) is 0 Å². The predicted octanol–water partition coefficient (Wildman–Crippen LogP) is 1.87. The number of aliphatic imine (C=N–C) groups is 1. The maximum Gasteiger partial charge on any atom is 0.269 e. The largest absolute Gasteiger partial charge is 0.285 e. The van der Waals surface area contributed by atoms with Crippen LogP contribution in [0.1, 0.15) is 37.7 Å². The van der Waals surface area contributed by atoms with Gasteiger partial charge in [-0.05, 0) is 18.4 Å². The summed E-state index contributed by atoms with van der Waals surface area (Å²) in [6, 6.07) is 6.39. The molecule has 1 aromatic rings. The van der Waals surface area contributed by atoms with Crippen LogP contribution in [0.3, 0.4) is 0 Å². The van der Waals surface area contributed by atoms with E-state index in [9.17, 15) is 14.9 Å². The zero-order valence-corrected chi connectivity index (χ0v) is 12.2. The highest BCUT2D eigenvalue weighted by atomic mass is 16.6. The number of nitro benzene ring substituents is 1. The summed E-state index contributed by atoms with van der Waals surface area (Å²) < 4.78 is 0. The maximum absolute atomic E-state index is 12.1. The second-order valence-corrected chi connectivity index (χ2v) is 5.83. The van der Waals surface area contributed by atoms with Crippen molar-refractivity contribution in [3.8, 4) is 0 Å². The third-order valence-electron chi connectivity index (χ3n) is 4.29. The van der Waals surface area contributed by atoms with Gasteiger partial charge >= 0.3 is 0 Å². The molecule has 1 heterocycles. The van der Waals surface area contributed by atoms with Crippen LogP contribution in [0.5, 0.6) is 0 Å². The number of nitrogens with zero attached hydrogens (tertiary/aromatic N) is 2. The number of amidine groups is 1. The summed E-state index contributed by atoms with van der Waals surface area (Å²) >= 11 is 0. The minimum absolute atomic E-state index is 0.0559. The molecule has 0 unspecified atom stereocenters. The summed E-state index contributed by atoms with van der Waals surface area (Å²) in [6.45, 7) is 0. The third kappa shape index (κ3) is 2.79. The molecule has 2 aliphatic rings. The van der Waals surface area contributed by atoms with Gasteiger partial charge in [0.15, 0.2) is 0 Å². The smallest absolute Gasteiger partial charge is 0.269 e. The van der Waals surface area contributed by atoms with Crippen molar-refractivity contribution in [2.75, 3.05) is 0 Å². The first kappa shape index (κ1) is 14.5. The number of hydrogen-bond acceptors (Lipinski definition) is 5. The highest BCUT2D eigenvalue weighted by Gasteiger charge is 2.41. The molecule has 1 aliphatic heterocycles. The summed E-state index contributed by atoms with van der Waals surface area (Å²) in [4.78, 5) is 27.0. The van der Waals surface area contributed by atoms with E-state index < -0.39 is 10.5 Å². The van der Waals surface area contributed by atoms with E-state index in [0.29, 0.717) is 12.3 Å². The highest BCUT2D eigenvalue weighted by molar-refractivity contribution is 5.97. The Morgan fingerprint density at radius 1 is 1.14 bits per heavy atom. The number of hydrazine groups is 1. The van der Waals surface area contributed by atoms with E-state index in [0.717, 1.165) is 37.7 Å². The number of nitrogens with one attached hydrogen (secondary N) is 2. The minimum atomic E-state index is -0.625. The number of nitro groups is 1. The summed E-state index contributed by atoms with van der Waals surface area (Å²) in [6.07, 6.45) is 5.26. The quantitative estimate of drug-likeness (QED) is 0.658. The van der Waals surface area contributed by atoms with Gasteiger partial charge in [0, 0.05) is 18.6 Å². The van der Waals surface area contributed by atoms with Crippen molar-refractivity contribution in [2.45, 2.75) is 44.1 Å². The van der Waals surface area contributed by atoms with E-state index in [1.165, 1.54) is 12.1 Å². The number of hydrogen-bond donors (Lipinski definition) is 2. The van der Waals surface area contributed by atoms with Crippen LogP contribution in [0.2, 0.25) is 0 Å². The van der Waals surface area contributed by atoms with Gasteiger partial charge in [0.25, 0.3) is 11.6 Å². The number of benzene rings is 1. The van der Waals surface area contributed by atoms with Crippen LogP contribution >= 0.6 is 0 Å². The molecule has 2 N–H and O–H groups in total. The molecule has 1 saturated carbocycles. The summed E-state index contributed by atoms with van der Waals surface area (Å²) in [5.74, 6) is 0.648. The van der Waals surface area contributed by atoms with Crippen molar-refractivity contribution < 1.29 is 9.72 Å². The Kier molecular flexibility index (Phi) is 3.79. The van der Waals surface area contributed by atoms with Gasteiger partial charge < -0.3 is 0 Å². The van der Waals surface area contributed by atoms with Crippen LogP contribution < -0.4 is 10.9 Å². The standard InChI is InChI=1S/C15H18N4O3/c20-14-15(8-2-1-3-9-15)16-13(17-18-14)10-11-4-6-12(7-5-11)19(21)22/h4-7H,1-3,8-10H2,(H,16,17)(H,18,20). The lowest BCUT2D eigenvalue weighted by atomic mass is 9.81. The van der Waals surface area contributed by atoms with E-state index in [1.54, 1.807) is 12.1 Å². The first-order chi connectivity index (χ1) is 10.6. The van der Waals surface area contributed by atoms with Gasteiger partial charge in [0.1, 0.15) is 11.4 Å². The van der Waals surface area contributed by atoms with E-state index in [2.05, 4.69) is 15.8 Å². The summed E-state index contributed by atoms with van der Waals surface area (Å²) in [7, 11) is 0. The topological polar surface area (TPSA) is 96.6 Å². The number of amides is 1. The van der Waals surface area contributed by atoms with Crippen molar-refractivity contribution in [1.82, 2.24) is 10.9 Å². The van der Waals surface area contributed by atoms with Gasteiger partial charge in [-0.2, -0.15) is 0 Å². The maximum atomic E-state index is 12.1. The molecule has 116 valence electrons. The molecule has 0 bridgehead atoms. The van der Waals surface area contributed by atoms with Crippen molar-refractivity contribution >= 4 is 17.4 Å². The predicted molar refractivity (Wildman–Crippen MR) is 81.3 cm³/mol. The Morgan fingerprint density at radius 3 is 2.45 bits per heavy atom. The van der Waals surface area contributed by atoms with Gasteiger partial charge in [0.05, 0.1) is 4.92 Å². The molecule has 0 saturated heterocycles. The molecule has 1 aliphatic carbocycles.